The van der Waals surface area contributed by atoms with Crippen molar-refractivity contribution in [3.05, 3.63) is 23.8 Å². The normalized spacial score (nSPS) is 10.3. The lowest BCUT2D eigenvalue weighted by Gasteiger charge is -2.22. The number of carbonyl (C=O) groups excluding carboxylic acids is 1. The van der Waals surface area contributed by atoms with E-state index in [1.165, 1.54) is 12.1 Å². The molecule has 1 rings (SSSR count). The summed E-state index contributed by atoms with van der Waals surface area (Å²) in [4.78, 5) is 13.9. The first-order valence-corrected chi connectivity index (χ1v) is 7.10. The Hall–Kier alpha value is -1.23. The van der Waals surface area contributed by atoms with Crippen molar-refractivity contribution in [1.29, 1.82) is 0 Å². The number of para-hydroxylation sites is 1. The standard InChI is InChI=1S/C13H18BrNO3/c1-2-3-8-15(9-7-14)13(18)10-5-4-6-11(16)12(10)17/h4-6,16-17H,2-3,7-9H2,1H3. The predicted molar refractivity (Wildman–Crippen MR) is 74.4 cm³/mol. The molecular formula is C13H18BrNO3. The van der Waals surface area contributed by atoms with Crippen molar-refractivity contribution in [3.63, 3.8) is 0 Å². The number of aromatic hydroxyl groups is 2. The van der Waals surface area contributed by atoms with Crippen molar-refractivity contribution in [2.75, 3.05) is 18.4 Å². The number of hydrogen-bond acceptors (Lipinski definition) is 3. The van der Waals surface area contributed by atoms with Gasteiger partial charge in [-0.1, -0.05) is 35.3 Å². The van der Waals surface area contributed by atoms with Crippen molar-refractivity contribution in [1.82, 2.24) is 4.90 Å². The molecule has 2 N–H and O–H groups in total. The second-order valence-corrected chi connectivity index (χ2v) is 4.80. The first-order valence-electron chi connectivity index (χ1n) is 5.98. The van der Waals surface area contributed by atoms with Gasteiger partial charge in [-0.25, -0.2) is 0 Å². The summed E-state index contributed by atoms with van der Waals surface area (Å²) in [6.07, 6.45) is 1.91. The van der Waals surface area contributed by atoms with Gasteiger partial charge in [-0.15, -0.1) is 0 Å². The van der Waals surface area contributed by atoms with Crippen LogP contribution in [0.3, 0.4) is 0 Å². The van der Waals surface area contributed by atoms with Crippen molar-refractivity contribution in [2.45, 2.75) is 19.8 Å². The molecule has 1 amide bonds. The molecule has 1 aromatic rings. The van der Waals surface area contributed by atoms with Crippen LogP contribution < -0.4 is 0 Å². The van der Waals surface area contributed by atoms with Crippen LogP contribution in [-0.2, 0) is 0 Å². The van der Waals surface area contributed by atoms with Gasteiger partial charge < -0.3 is 15.1 Å². The van der Waals surface area contributed by atoms with E-state index in [1.807, 2.05) is 0 Å². The van der Waals surface area contributed by atoms with Crippen LogP contribution in [0.2, 0.25) is 0 Å². The number of amides is 1. The lowest BCUT2D eigenvalue weighted by atomic mass is 10.1. The van der Waals surface area contributed by atoms with Gasteiger partial charge in [-0.3, -0.25) is 4.79 Å². The van der Waals surface area contributed by atoms with Gasteiger partial charge in [-0.05, 0) is 18.6 Å². The van der Waals surface area contributed by atoms with Gasteiger partial charge in [-0.2, -0.15) is 0 Å². The molecule has 0 atom stereocenters. The molecule has 0 bridgehead atoms. The van der Waals surface area contributed by atoms with Crippen LogP contribution in [0.15, 0.2) is 18.2 Å². The highest BCUT2D eigenvalue weighted by atomic mass is 79.9. The average Bonchev–Trinajstić information content (AvgIpc) is 2.37. The monoisotopic (exact) mass is 315 g/mol. The Kier molecular flexibility index (Phi) is 5.98. The van der Waals surface area contributed by atoms with Crippen molar-refractivity contribution >= 4 is 21.8 Å². The minimum atomic E-state index is -0.349. The maximum absolute atomic E-state index is 12.2. The Morgan fingerprint density at radius 3 is 2.67 bits per heavy atom. The molecule has 0 saturated carbocycles. The summed E-state index contributed by atoms with van der Waals surface area (Å²) in [7, 11) is 0. The van der Waals surface area contributed by atoms with Gasteiger partial charge >= 0.3 is 0 Å². The summed E-state index contributed by atoms with van der Waals surface area (Å²) in [5.41, 5.74) is 0.145. The number of halogens is 1. The lowest BCUT2D eigenvalue weighted by molar-refractivity contribution is 0.0760. The largest absolute Gasteiger partial charge is 0.504 e. The van der Waals surface area contributed by atoms with Gasteiger partial charge in [0.15, 0.2) is 11.5 Å². The molecule has 100 valence electrons. The summed E-state index contributed by atoms with van der Waals surface area (Å²) in [5.74, 6) is -0.870. The number of carbonyl (C=O) groups is 1. The second-order valence-electron chi connectivity index (χ2n) is 4.01. The highest BCUT2D eigenvalue weighted by molar-refractivity contribution is 9.09. The van der Waals surface area contributed by atoms with Gasteiger partial charge in [0, 0.05) is 18.4 Å². The zero-order valence-corrected chi connectivity index (χ0v) is 12.0. The van der Waals surface area contributed by atoms with Crippen molar-refractivity contribution in [3.8, 4) is 11.5 Å². The molecule has 0 aromatic heterocycles. The van der Waals surface area contributed by atoms with Crippen molar-refractivity contribution < 1.29 is 15.0 Å². The molecule has 18 heavy (non-hydrogen) atoms. The van der Waals surface area contributed by atoms with E-state index in [0.29, 0.717) is 18.4 Å². The van der Waals surface area contributed by atoms with Crippen LogP contribution in [0.25, 0.3) is 0 Å². The first kappa shape index (κ1) is 14.8. The molecule has 4 nitrogen and oxygen atoms in total. The Bertz CT molecular complexity index is 409. The van der Waals surface area contributed by atoms with E-state index >= 15 is 0 Å². The maximum atomic E-state index is 12.2. The van der Waals surface area contributed by atoms with E-state index in [0.717, 1.165) is 12.8 Å². The quantitative estimate of drug-likeness (QED) is 0.627. The Morgan fingerprint density at radius 1 is 1.33 bits per heavy atom. The molecule has 0 saturated heterocycles. The third-order valence-electron chi connectivity index (χ3n) is 2.67. The molecule has 5 heteroatoms. The maximum Gasteiger partial charge on any atom is 0.257 e. The molecule has 0 unspecified atom stereocenters. The number of alkyl halides is 1. The number of nitrogens with zero attached hydrogens (tertiary/aromatic N) is 1. The Labute approximate surface area is 115 Å². The molecule has 0 radical (unpaired) electrons. The number of rotatable bonds is 6. The summed E-state index contributed by atoms with van der Waals surface area (Å²) in [5, 5.41) is 19.8. The van der Waals surface area contributed by atoms with Crippen LogP contribution >= 0.6 is 15.9 Å². The van der Waals surface area contributed by atoms with E-state index in [-0.39, 0.29) is 23.0 Å². The van der Waals surface area contributed by atoms with E-state index in [2.05, 4.69) is 22.9 Å². The number of phenols is 2. The lowest BCUT2D eigenvalue weighted by Crippen LogP contribution is -2.33. The van der Waals surface area contributed by atoms with E-state index in [9.17, 15) is 15.0 Å². The summed E-state index contributed by atoms with van der Waals surface area (Å²) in [6.45, 7) is 3.28. The number of hydrogen-bond donors (Lipinski definition) is 2. The summed E-state index contributed by atoms with van der Waals surface area (Å²) in [6, 6.07) is 4.42. The molecule has 0 aliphatic rings. The summed E-state index contributed by atoms with van der Waals surface area (Å²) < 4.78 is 0. The molecular weight excluding hydrogens is 298 g/mol. The Balaban J connectivity index is 2.90. The third kappa shape index (κ3) is 3.63. The predicted octanol–water partition coefficient (Wildman–Crippen LogP) is 2.74. The first-order chi connectivity index (χ1) is 8.61. The number of unbranched alkanes of at least 4 members (excludes halogenated alkanes) is 1. The number of benzene rings is 1. The molecule has 1 aromatic carbocycles. The molecule has 0 fully saturated rings. The van der Waals surface area contributed by atoms with E-state index in [1.54, 1.807) is 11.0 Å². The van der Waals surface area contributed by atoms with Crippen LogP contribution in [0, 0.1) is 0 Å². The molecule has 0 heterocycles. The smallest absolute Gasteiger partial charge is 0.257 e. The minimum Gasteiger partial charge on any atom is -0.504 e. The average molecular weight is 316 g/mol. The fraction of sp³-hybridized carbons (Fsp3) is 0.462. The van der Waals surface area contributed by atoms with Crippen LogP contribution in [-0.4, -0.2) is 39.4 Å². The van der Waals surface area contributed by atoms with Gasteiger partial charge in [0.25, 0.3) is 5.91 Å². The van der Waals surface area contributed by atoms with Crippen LogP contribution in [0.4, 0.5) is 0 Å². The van der Waals surface area contributed by atoms with Gasteiger partial charge in [0.2, 0.25) is 0 Å². The zero-order valence-electron chi connectivity index (χ0n) is 10.4. The van der Waals surface area contributed by atoms with E-state index < -0.39 is 0 Å². The second kappa shape index (κ2) is 7.26. The minimum absolute atomic E-state index is 0.145. The molecule has 0 spiro atoms. The number of phenolic OH excluding ortho intramolecular Hbond substituents is 2. The summed E-state index contributed by atoms with van der Waals surface area (Å²) >= 11 is 3.31. The Morgan fingerprint density at radius 2 is 2.06 bits per heavy atom. The highest BCUT2D eigenvalue weighted by Crippen LogP contribution is 2.29. The van der Waals surface area contributed by atoms with Crippen LogP contribution in [0.5, 0.6) is 11.5 Å². The van der Waals surface area contributed by atoms with Crippen molar-refractivity contribution in [2.24, 2.45) is 0 Å². The van der Waals surface area contributed by atoms with Gasteiger partial charge in [0.05, 0.1) is 5.56 Å². The molecule has 0 aliphatic carbocycles. The third-order valence-corrected chi connectivity index (χ3v) is 3.02. The topological polar surface area (TPSA) is 60.8 Å². The fourth-order valence-electron chi connectivity index (χ4n) is 1.64. The highest BCUT2D eigenvalue weighted by Gasteiger charge is 2.19. The SMILES string of the molecule is CCCCN(CCBr)C(=O)c1cccc(O)c1O. The molecule has 0 aliphatic heterocycles. The van der Waals surface area contributed by atoms with Gasteiger partial charge in [0.1, 0.15) is 0 Å². The van der Waals surface area contributed by atoms with Crippen LogP contribution in [0.1, 0.15) is 30.1 Å². The fourth-order valence-corrected chi connectivity index (χ4v) is 2.07. The zero-order chi connectivity index (χ0) is 13.5. The van der Waals surface area contributed by atoms with E-state index in [4.69, 9.17) is 0 Å².